The Morgan fingerprint density at radius 1 is 1.11 bits per heavy atom. The Labute approximate surface area is 208 Å². The third-order valence-electron chi connectivity index (χ3n) is 6.45. The fraction of sp³-hybridized carbons (Fsp3) is 0.259. The van der Waals surface area contributed by atoms with E-state index in [1.807, 2.05) is 42.6 Å². The van der Waals surface area contributed by atoms with Crippen molar-refractivity contribution in [1.29, 1.82) is 0 Å². The molecule has 2 aromatic carbocycles. The smallest absolute Gasteiger partial charge is 0.239 e. The Kier molecular flexibility index (Phi) is 6.05. The van der Waals surface area contributed by atoms with E-state index in [1.54, 1.807) is 6.07 Å². The molecule has 9 nitrogen and oxygen atoms in total. The quantitative estimate of drug-likeness (QED) is 0.410. The number of carbonyl (C=O) groups is 1. The number of hydrogen-bond donors (Lipinski definition) is 2. The number of amides is 1. The van der Waals surface area contributed by atoms with Gasteiger partial charge < -0.3 is 19.8 Å². The van der Waals surface area contributed by atoms with Gasteiger partial charge in [-0.25, -0.2) is 15.0 Å². The largest absolute Gasteiger partial charge is 0.493 e. The van der Waals surface area contributed by atoms with Gasteiger partial charge in [0.25, 0.3) is 0 Å². The minimum atomic E-state index is -0.0929. The van der Waals surface area contributed by atoms with Crippen LogP contribution in [0, 0.1) is 0 Å². The van der Waals surface area contributed by atoms with Crippen molar-refractivity contribution in [2.45, 2.75) is 18.8 Å². The van der Waals surface area contributed by atoms with Gasteiger partial charge in [0.2, 0.25) is 11.8 Å². The molecule has 6 rings (SSSR count). The van der Waals surface area contributed by atoms with Gasteiger partial charge in [0.1, 0.15) is 29.5 Å². The van der Waals surface area contributed by atoms with Crippen LogP contribution < -0.4 is 14.8 Å². The number of anilines is 1. The molecule has 2 aliphatic heterocycles. The summed E-state index contributed by atoms with van der Waals surface area (Å²) in [5, 5.41) is 2.81. The standard InChI is InChI=1S/C27H26N6O3/c34-25(15-33-9-4-10-33)32-24-13-26(30-17-29-24)36-21-7-8-23-19(12-21)11-20(16-35-23)27-28-14-22(31-27)18-5-2-1-3-6-18/h1-3,5-8,12-14,17,20H,4,9-11,15-16H2,(H,28,31)(H,29,30,32,34). The molecule has 1 unspecified atom stereocenters. The average molecular weight is 483 g/mol. The average Bonchev–Trinajstić information content (AvgIpc) is 3.37. The van der Waals surface area contributed by atoms with Crippen LogP contribution in [0.5, 0.6) is 17.4 Å². The monoisotopic (exact) mass is 482 g/mol. The van der Waals surface area contributed by atoms with Crippen molar-refractivity contribution in [2.75, 3.05) is 31.6 Å². The first-order chi connectivity index (χ1) is 17.7. The van der Waals surface area contributed by atoms with Crippen molar-refractivity contribution < 1.29 is 14.3 Å². The Morgan fingerprint density at radius 2 is 2.00 bits per heavy atom. The highest BCUT2D eigenvalue weighted by atomic mass is 16.5. The Bertz CT molecular complexity index is 1370. The van der Waals surface area contributed by atoms with Crippen LogP contribution in [0.3, 0.4) is 0 Å². The van der Waals surface area contributed by atoms with Gasteiger partial charge in [-0.1, -0.05) is 30.3 Å². The number of nitrogens with one attached hydrogen (secondary N) is 2. The molecular weight excluding hydrogens is 456 g/mol. The lowest BCUT2D eigenvalue weighted by Crippen LogP contribution is -2.42. The van der Waals surface area contributed by atoms with Crippen molar-refractivity contribution in [3.05, 3.63) is 78.5 Å². The van der Waals surface area contributed by atoms with Crippen molar-refractivity contribution in [3.8, 4) is 28.6 Å². The number of H-pyrrole nitrogens is 1. The zero-order chi connectivity index (χ0) is 24.3. The molecule has 0 aliphatic carbocycles. The molecule has 36 heavy (non-hydrogen) atoms. The van der Waals surface area contributed by atoms with E-state index in [0.29, 0.717) is 30.6 Å². The van der Waals surface area contributed by atoms with Gasteiger partial charge in [0.05, 0.1) is 31.0 Å². The molecular formula is C27H26N6O3. The highest BCUT2D eigenvalue weighted by Gasteiger charge is 2.25. The van der Waals surface area contributed by atoms with Crippen molar-refractivity contribution in [2.24, 2.45) is 0 Å². The van der Waals surface area contributed by atoms with Crippen LogP contribution in [-0.2, 0) is 11.2 Å². The van der Waals surface area contributed by atoms with Crippen LogP contribution in [0.25, 0.3) is 11.3 Å². The highest BCUT2D eigenvalue weighted by molar-refractivity contribution is 5.91. The van der Waals surface area contributed by atoms with E-state index >= 15 is 0 Å². The summed E-state index contributed by atoms with van der Waals surface area (Å²) in [5.41, 5.74) is 3.13. The number of fused-ring (bicyclic) bond motifs is 1. The van der Waals surface area contributed by atoms with Crippen molar-refractivity contribution in [3.63, 3.8) is 0 Å². The molecule has 0 bridgehead atoms. The number of carbonyl (C=O) groups excluding carboxylic acids is 1. The highest BCUT2D eigenvalue weighted by Crippen LogP contribution is 2.35. The number of nitrogens with zero attached hydrogens (tertiary/aromatic N) is 4. The van der Waals surface area contributed by atoms with E-state index in [9.17, 15) is 4.79 Å². The molecule has 1 fully saturated rings. The van der Waals surface area contributed by atoms with Crippen LogP contribution in [0.1, 0.15) is 23.7 Å². The molecule has 1 atom stereocenters. The van der Waals surface area contributed by atoms with Gasteiger partial charge in [-0.2, -0.15) is 0 Å². The number of rotatable bonds is 7. The molecule has 2 aliphatic rings. The fourth-order valence-corrected chi connectivity index (χ4v) is 4.43. The van der Waals surface area contributed by atoms with Crippen LogP contribution >= 0.6 is 0 Å². The predicted molar refractivity (Wildman–Crippen MR) is 134 cm³/mol. The zero-order valence-corrected chi connectivity index (χ0v) is 19.7. The molecule has 0 spiro atoms. The zero-order valence-electron chi connectivity index (χ0n) is 19.7. The second-order valence-electron chi connectivity index (χ2n) is 9.05. The number of ether oxygens (including phenoxy) is 2. The second-order valence-corrected chi connectivity index (χ2v) is 9.05. The maximum absolute atomic E-state index is 12.2. The lowest BCUT2D eigenvalue weighted by atomic mass is 9.96. The molecule has 1 saturated heterocycles. The lowest BCUT2D eigenvalue weighted by Gasteiger charge is -2.29. The number of likely N-dealkylation sites (tertiary alicyclic amines) is 1. The van der Waals surface area contributed by atoms with E-state index in [2.05, 4.69) is 42.3 Å². The summed E-state index contributed by atoms with van der Waals surface area (Å²) in [4.78, 5) is 30.7. The van der Waals surface area contributed by atoms with Crippen LogP contribution in [0.4, 0.5) is 5.82 Å². The second kappa shape index (κ2) is 9.79. The Balaban J connectivity index is 1.13. The van der Waals surface area contributed by atoms with Crippen molar-refractivity contribution >= 4 is 11.7 Å². The summed E-state index contributed by atoms with van der Waals surface area (Å²) in [6, 6.07) is 17.5. The molecule has 4 aromatic rings. The molecule has 1 amide bonds. The van der Waals surface area contributed by atoms with E-state index in [4.69, 9.17) is 9.47 Å². The number of aromatic nitrogens is 4. The lowest BCUT2D eigenvalue weighted by molar-refractivity contribution is -0.118. The maximum atomic E-state index is 12.2. The molecule has 0 radical (unpaired) electrons. The minimum Gasteiger partial charge on any atom is -0.493 e. The van der Waals surface area contributed by atoms with E-state index in [-0.39, 0.29) is 11.8 Å². The number of hydrogen-bond acceptors (Lipinski definition) is 7. The van der Waals surface area contributed by atoms with Gasteiger partial charge in [-0.05, 0) is 55.3 Å². The summed E-state index contributed by atoms with van der Waals surface area (Å²) in [6.07, 6.45) is 5.17. The summed E-state index contributed by atoms with van der Waals surface area (Å²) in [5.74, 6) is 3.17. The summed E-state index contributed by atoms with van der Waals surface area (Å²) in [6.45, 7) is 2.85. The number of aromatic amines is 1. The predicted octanol–water partition coefficient (Wildman–Crippen LogP) is 4.02. The molecule has 9 heteroatoms. The molecule has 2 N–H and O–H groups in total. The Morgan fingerprint density at radius 3 is 2.83 bits per heavy atom. The summed E-state index contributed by atoms with van der Waals surface area (Å²) < 4.78 is 12.0. The van der Waals surface area contributed by atoms with E-state index in [0.717, 1.165) is 54.3 Å². The van der Waals surface area contributed by atoms with Gasteiger partial charge in [0, 0.05) is 6.07 Å². The SMILES string of the molecule is O=C(CN1CCC1)Nc1cc(Oc2ccc3c(c2)CC(c2ncc(-c4ccccc4)[nH]2)CO3)ncn1. The first-order valence-electron chi connectivity index (χ1n) is 12.1. The van der Waals surface area contributed by atoms with Crippen LogP contribution in [-0.4, -0.2) is 57.0 Å². The van der Waals surface area contributed by atoms with Gasteiger partial charge in [0.15, 0.2) is 0 Å². The van der Waals surface area contributed by atoms with Crippen molar-refractivity contribution in [1.82, 2.24) is 24.8 Å². The Hall–Kier alpha value is -4.24. The minimum absolute atomic E-state index is 0.0929. The van der Waals surface area contributed by atoms with Gasteiger partial charge in [-0.15, -0.1) is 0 Å². The van der Waals surface area contributed by atoms with Gasteiger partial charge >= 0.3 is 0 Å². The summed E-state index contributed by atoms with van der Waals surface area (Å²) in [7, 11) is 0. The molecule has 0 saturated carbocycles. The number of benzene rings is 2. The van der Waals surface area contributed by atoms with E-state index in [1.165, 1.54) is 6.33 Å². The third kappa shape index (κ3) is 4.92. The first kappa shape index (κ1) is 22.2. The van der Waals surface area contributed by atoms with Crippen LogP contribution in [0.2, 0.25) is 0 Å². The summed E-state index contributed by atoms with van der Waals surface area (Å²) >= 11 is 0. The third-order valence-corrected chi connectivity index (χ3v) is 6.45. The molecule has 2 aromatic heterocycles. The number of imidazole rings is 1. The van der Waals surface area contributed by atoms with Gasteiger partial charge in [-0.3, -0.25) is 9.69 Å². The van der Waals surface area contributed by atoms with E-state index < -0.39 is 0 Å². The van der Waals surface area contributed by atoms with Crippen LogP contribution in [0.15, 0.2) is 67.1 Å². The maximum Gasteiger partial charge on any atom is 0.239 e. The first-order valence-corrected chi connectivity index (χ1v) is 12.1. The molecule has 4 heterocycles. The molecule has 182 valence electrons. The fourth-order valence-electron chi connectivity index (χ4n) is 4.43. The normalized spacial score (nSPS) is 16.9. The topological polar surface area (TPSA) is 105 Å².